The van der Waals surface area contributed by atoms with Gasteiger partial charge in [-0.1, -0.05) is 18.2 Å². The fourth-order valence-electron chi connectivity index (χ4n) is 5.84. The van der Waals surface area contributed by atoms with Gasteiger partial charge in [0.05, 0.1) is 40.5 Å². The number of anilines is 1. The van der Waals surface area contributed by atoms with E-state index in [1.54, 1.807) is 0 Å². The van der Waals surface area contributed by atoms with Crippen LogP contribution in [0.15, 0.2) is 54.7 Å². The van der Waals surface area contributed by atoms with Crippen LogP contribution in [0.2, 0.25) is 0 Å². The van der Waals surface area contributed by atoms with Crippen LogP contribution in [-0.4, -0.2) is 30.7 Å². The number of aromatic nitrogens is 2. The number of hydrogen-bond donors (Lipinski definition) is 0. The lowest BCUT2D eigenvalue weighted by Crippen LogP contribution is -2.36. The molecule has 0 bridgehead atoms. The van der Waals surface area contributed by atoms with Crippen molar-refractivity contribution in [3.8, 4) is 0 Å². The molecule has 1 aliphatic rings. The van der Waals surface area contributed by atoms with Crippen LogP contribution in [0.1, 0.15) is 11.1 Å². The van der Waals surface area contributed by atoms with Crippen LogP contribution in [0, 0.1) is 13.8 Å². The summed E-state index contributed by atoms with van der Waals surface area (Å²) in [4.78, 5) is 2.46. The largest absolute Gasteiger partial charge is 0.378 e. The fourth-order valence-corrected chi connectivity index (χ4v) is 5.84. The van der Waals surface area contributed by atoms with E-state index >= 15 is 0 Å². The molecule has 3 aromatic carbocycles. The van der Waals surface area contributed by atoms with Gasteiger partial charge in [-0.15, -0.1) is 0 Å². The third-order valence-electron chi connectivity index (χ3n) is 7.53. The molecule has 0 amide bonds. The average Bonchev–Trinajstić information content (AvgIpc) is 3.15. The molecule has 0 N–H and O–H groups in total. The topological polar surface area (TPSA) is 20.8 Å². The number of nitrogens with zero attached hydrogens (tertiary/aromatic N) is 3. The van der Waals surface area contributed by atoms with Gasteiger partial charge in [0, 0.05) is 35.6 Å². The molecule has 7 rings (SSSR count). The number of hydrogen-bond acceptors (Lipinski definition) is 2. The minimum atomic E-state index is 0.792. The Kier molecular flexibility index (Phi) is 3.61. The van der Waals surface area contributed by atoms with Crippen molar-refractivity contribution in [2.75, 3.05) is 31.2 Å². The smallest absolute Gasteiger partial charge is 0.224 e. The van der Waals surface area contributed by atoms with Gasteiger partial charge in [0.2, 0.25) is 5.52 Å². The first-order valence-electron chi connectivity index (χ1n) is 11.5. The molecule has 4 heteroatoms. The van der Waals surface area contributed by atoms with Crippen LogP contribution in [0.25, 0.3) is 49.0 Å². The molecule has 0 radical (unpaired) electrons. The second-order valence-corrected chi connectivity index (χ2v) is 9.25. The highest BCUT2D eigenvalue weighted by Crippen LogP contribution is 2.42. The lowest BCUT2D eigenvalue weighted by molar-refractivity contribution is -0.643. The van der Waals surface area contributed by atoms with E-state index in [2.05, 4.69) is 89.5 Å². The van der Waals surface area contributed by atoms with Crippen molar-refractivity contribution >= 4 is 54.7 Å². The predicted molar refractivity (Wildman–Crippen MR) is 132 cm³/mol. The molecule has 1 saturated heterocycles. The van der Waals surface area contributed by atoms with Gasteiger partial charge < -0.3 is 14.0 Å². The fraction of sp³-hybridized carbons (Fsp3) is 0.250. The molecule has 1 fully saturated rings. The Labute approximate surface area is 186 Å². The highest BCUT2D eigenvalue weighted by molar-refractivity contribution is 6.26. The predicted octanol–water partition coefficient (Wildman–Crippen LogP) is 5.27. The van der Waals surface area contributed by atoms with Gasteiger partial charge in [-0.2, -0.15) is 0 Å². The van der Waals surface area contributed by atoms with Crippen LogP contribution in [-0.2, 0) is 11.8 Å². The minimum Gasteiger partial charge on any atom is -0.378 e. The van der Waals surface area contributed by atoms with Crippen LogP contribution in [0.5, 0.6) is 0 Å². The molecule has 32 heavy (non-hydrogen) atoms. The number of morpholine rings is 1. The third-order valence-corrected chi connectivity index (χ3v) is 7.53. The SMILES string of the molecule is Cc1cc2c3ccccc3n3c4cc(N5CCOCC5)cc5cc[n+](C)c(c(c1C)c23)c54. The maximum Gasteiger partial charge on any atom is 0.224 e. The number of rotatable bonds is 1. The van der Waals surface area contributed by atoms with E-state index in [1.165, 1.54) is 65.8 Å². The first-order valence-corrected chi connectivity index (χ1v) is 11.5. The Morgan fingerprint density at radius 3 is 2.53 bits per heavy atom. The van der Waals surface area contributed by atoms with Gasteiger partial charge >= 0.3 is 0 Å². The van der Waals surface area contributed by atoms with Crippen molar-refractivity contribution in [1.29, 1.82) is 0 Å². The second-order valence-electron chi connectivity index (χ2n) is 9.25. The summed E-state index contributed by atoms with van der Waals surface area (Å²) in [6.45, 7) is 7.98. The van der Waals surface area contributed by atoms with Gasteiger partial charge in [-0.3, -0.25) is 0 Å². The van der Waals surface area contributed by atoms with Gasteiger partial charge in [0.25, 0.3) is 0 Å². The molecular weight excluding hydrogens is 394 g/mol. The van der Waals surface area contributed by atoms with E-state index in [9.17, 15) is 0 Å². The average molecular weight is 421 g/mol. The van der Waals surface area contributed by atoms with Crippen LogP contribution < -0.4 is 9.47 Å². The molecule has 3 aromatic heterocycles. The maximum atomic E-state index is 5.62. The molecule has 4 heterocycles. The first kappa shape index (κ1) is 18.2. The van der Waals surface area contributed by atoms with Gasteiger partial charge in [0.15, 0.2) is 6.20 Å². The molecule has 0 saturated carbocycles. The highest BCUT2D eigenvalue weighted by atomic mass is 16.5. The second kappa shape index (κ2) is 6.33. The Balaban J connectivity index is 1.79. The molecule has 4 nitrogen and oxygen atoms in total. The van der Waals surface area contributed by atoms with E-state index in [0.29, 0.717) is 0 Å². The Morgan fingerprint density at radius 1 is 0.875 bits per heavy atom. The van der Waals surface area contributed by atoms with Crippen LogP contribution in [0.3, 0.4) is 0 Å². The van der Waals surface area contributed by atoms with Crippen molar-refractivity contribution < 1.29 is 9.30 Å². The Hall–Kier alpha value is -3.37. The molecule has 0 atom stereocenters. The number of para-hydroxylation sites is 1. The zero-order valence-corrected chi connectivity index (χ0v) is 18.8. The van der Waals surface area contributed by atoms with Crippen molar-refractivity contribution in [2.45, 2.75) is 13.8 Å². The zero-order valence-electron chi connectivity index (χ0n) is 18.8. The normalized spacial score (nSPS) is 15.3. The van der Waals surface area contributed by atoms with Crippen LogP contribution in [0.4, 0.5) is 5.69 Å². The summed E-state index contributed by atoms with van der Waals surface area (Å²) >= 11 is 0. The Morgan fingerprint density at radius 2 is 1.69 bits per heavy atom. The molecular formula is C28H26N3O+. The standard InChI is InChI=1S/C28H26N3O/c1-17-14-22-21-6-4-5-7-23(21)31-24-16-20(30-10-12-32-13-11-30)15-19-8-9-29(3)28(26(19)24)25(18(17)2)27(22)31/h4-9,14-16H,10-13H2,1-3H3/q+1. The van der Waals surface area contributed by atoms with Crippen LogP contribution >= 0.6 is 0 Å². The summed E-state index contributed by atoms with van der Waals surface area (Å²) in [5, 5.41) is 6.69. The van der Waals surface area contributed by atoms with Gasteiger partial charge in [-0.25, -0.2) is 4.57 Å². The number of ether oxygens (including phenoxy) is 1. The van der Waals surface area contributed by atoms with Crippen molar-refractivity contribution in [3.63, 3.8) is 0 Å². The maximum absolute atomic E-state index is 5.62. The van der Waals surface area contributed by atoms with E-state index in [4.69, 9.17) is 4.74 Å². The summed E-state index contributed by atoms with van der Waals surface area (Å²) in [6.07, 6.45) is 2.22. The first-order chi connectivity index (χ1) is 15.6. The summed E-state index contributed by atoms with van der Waals surface area (Å²) in [5.41, 5.74) is 9.24. The molecule has 0 unspecified atom stereocenters. The highest BCUT2D eigenvalue weighted by Gasteiger charge is 2.25. The van der Waals surface area contributed by atoms with E-state index < -0.39 is 0 Å². The summed E-state index contributed by atoms with van der Waals surface area (Å²) in [6, 6.07) is 18.3. The van der Waals surface area contributed by atoms with Crippen molar-refractivity contribution in [3.05, 3.63) is 65.9 Å². The van der Waals surface area contributed by atoms with E-state index in [1.807, 2.05) is 0 Å². The molecule has 6 aromatic rings. The van der Waals surface area contributed by atoms with Gasteiger partial charge in [-0.05, 0) is 54.6 Å². The lowest BCUT2D eigenvalue weighted by atomic mass is 9.96. The summed E-state index contributed by atoms with van der Waals surface area (Å²) in [5.74, 6) is 0. The van der Waals surface area contributed by atoms with E-state index in [0.717, 1.165) is 26.3 Å². The van der Waals surface area contributed by atoms with E-state index in [-0.39, 0.29) is 0 Å². The lowest BCUT2D eigenvalue weighted by Gasteiger charge is -2.29. The number of fused-ring (bicyclic) bond motifs is 5. The number of aryl methyl sites for hydroxylation is 3. The quantitative estimate of drug-likeness (QED) is 0.205. The summed E-state index contributed by atoms with van der Waals surface area (Å²) < 4.78 is 10.5. The molecule has 0 aliphatic carbocycles. The number of benzene rings is 3. The third kappa shape index (κ3) is 2.23. The molecule has 158 valence electrons. The molecule has 0 spiro atoms. The monoisotopic (exact) mass is 420 g/mol. The van der Waals surface area contributed by atoms with Gasteiger partial charge in [0.1, 0.15) is 7.05 Å². The minimum absolute atomic E-state index is 0.792. The zero-order chi connectivity index (χ0) is 21.6. The summed E-state index contributed by atoms with van der Waals surface area (Å²) in [7, 11) is 2.18. The van der Waals surface area contributed by atoms with Crippen molar-refractivity contribution in [1.82, 2.24) is 4.40 Å². The van der Waals surface area contributed by atoms with Crippen molar-refractivity contribution in [2.24, 2.45) is 7.05 Å². The molecule has 1 aliphatic heterocycles. The Bertz CT molecular complexity index is 1690. The number of pyridine rings is 2.